The van der Waals surface area contributed by atoms with Gasteiger partial charge in [0.25, 0.3) is 0 Å². The summed E-state index contributed by atoms with van der Waals surface area (Å²) in [5, 5.41) is 15.5. The van der Waals surface area contributed by atoms with E-state index in [0.29, 0.717) is 24.1 Å². The maximum atomic E-state index is 11.1. The molecule has 7 heteroatoms. The number of benzene rings is 2. The van der Waals surface area contributed by atoms with Gasteiger partial charge in [-0.05, 0) is 66.6 Å². The molecule has 0 radical (unpaired) electrons. The Morgan fingerprint density at radius 3 is 2.58 bits per heavy atom. The van der Waals surface area contributed by atoms with Gasteiger partial charge in [0.15, 0.2) is 0 Å². The minimum absolute atomic E-state index is 0.0292. The number of carboxylic acid groups (broad SMARTS) is 1. The van der Waals surface area contributed by atoms with E-state index >= 15 is 0 Å². The zero-order valence-corrected chi connectivity index (χ0v) is 17.3. The van der Waals surface area contributed by atoms with Gasteiger partial charge in [0, 0.05) is 24.9 Å². The van der Waals surface area contributed by atoms with Gasteiger partial charge in [0.2, 0.25) is 11.8 Å². The lowest BCUT2D eigenvalue weighted by Gasteiger charge is -2.17. The topological polar surface area (TPSA) is 101 Å². The molecule has 0 saturated heterocycles. The molecule has 1 atom stereocenters. The summed E-state index contributed by atoms with van der Waals surface area (Å²) in [7, 11) is 0. The second-order valence-electron chi connectivity index (χ2n) is 7.85. The van der Waals surface area contributed by atoms with Gasteiger partial charge < -0.3 is 20.5 Å². The van der Waals surface area contributed by atoms with E-state index in [1.165, 1.54) is 6.92 Å². The second kappa shape index (κ2) is 9.04. The molecule has 1 saturated carbocycles. The molecule has 1 aliphatic carbocycles. The molecule has 0 bridgehead atoms. The third-order valence-electron chi connectivity index (χ3n) is 5.35. The Balaban J connectivity index is 1.43. The van der Waals surface area contributed by atoms with Crippen molar-refractivity contribution in [3.8, 4) is 11.6 Å². The number of carbonyl (C=O) groups is 2. The molecule has 1 aromatic heterocycles. The summed E-state index contributed by atoms with van der Waals surface area (Å²) in [4.78, 5) is 26.6. The van der Waals surface area contributed by atoms with Gasteiger partial charge in [0.1, 0.15) is 5.75 Å². The highest BCUT2D eigenvalue weighted by Gasteiger charge is 2.33. The predicted octanol–water partition coefficient (Wildman–Crippen LogP) is 4.42. The number of rotatable bonds is 8. The highest BCUT2D eigenvalue weighted by Crippen LogP contribution is 2.41. The van der Waals surface area contributed by atoms with Gasteiger partial charge in [0.05, 0.1) is 11.6 Å². The Morgan fingerprint density at radius 2 is 1.90 bits per heavy atom. The van der Waals surface area contributed by atoms with Crippen molar-refractivity contribution in [3.05, 3.63) is 65.7 Å². The lowest BCUT2D eigenvalue weighted by atomic mass is 10.0. The fraction of sp³-hybridized carbons (Fsp3) is 0.292. The van der Waals surface area contributed by atoms with E-state index in [-0.39, 0.29) is 11.9 Å². The van der Waals surface area contributed by atoms with Gasteiger partial charge in [-0.3, -0.25) is 4.79 Å². The number of amides is 2. The van der Waals surface area contributed by atoms with Crippen LogP contribution in [0, 0.1) is 5.92 Å². The average molecular weight is 419 g/mol. The van der Waals surface area contributed by atoms with Crippen molar-refractivity contribution in [3.63, 3.8) is 0 Å². The quantitative estimate of drug-likeness (QED) is 0.502. The third-order valence-corrected chi connectivity index (χ3v) is 5.35. The molecule has 2 amide bonds. The highest BCUT2D eigenvalue weighted by atomic mass is 16.5. The molecule has 1 heterocycles. The van der Waals surface area contributed by atoms with Crippen LogP contribution in [0.25, 0.3) is 10.9 Å². The minimum atomic E-state index is -1.00. The van der Waals surface area contributed by atoms with E-state index in [4.69, 9.17) is 9.84 Å². The molecule has 0 spiro atoms. The number of aromatic nitrogens is 1. The van der Waals surface area contributed by atoms with Crippen LogP contribution in [-0.2, 0) is 11.2 Å². The van der Waals surface area contributed by atoms with Crippen molar-refractivity contribution >= 4 is 22.9 Å². The van der Waals surface area contributed by atoms with Crippen molar-refractivity contribution in [2.75, 3.05) is 6.54 Å². The Morgan fingerprint density at radius 1 is 1.13 bits per heavy atom. The van der Waals surface area contributed by atoms with Crippen LogP contribution in [0.3, 0.4) is 0 Å². The van der Waals surface area contributed by atoms with Crippen LogP contribution in [0.2, 0.25) is 0 Å². The molecular weight excluding hydrogens is 394 g/mol. The number of fused-ring (bicyclic) bond motifs is 1. The molecule has 7 nitrogen and oxygen atoms in total. The molecule has 4 rings (SSSR count). The lowest BCUT2D eigenvalue weighted by Crippen LogP contribution is -2.28. The van der Waals surface area contributed by atoms with Crippen LogP contribution in [-0.4, -0.2) is 28.6 Å². The molecule has 0 aliphatic heterocycles. The normalized spacial score (nSPS) is 14.1. The van der Waals surface area contributed by atoms with Crippen molar-refractivity contribution < 1.29 is 19.4 Å². The Labute approximate surface area is 180 Å². The van der Waals surface area contributed by atoms with Gasteiger partial charge in [-0.2, -0.15) is 0 Å². The minimum Gasteiger partial charge on any atom is -0.465 e. The number of hydrogen-bond donors (Lipinski definition) is 3. The van der Waals surface area contributed by atoms with E-state index in [2.05, 4.69) is 21.7 Å². The fourth-order valence-corrected chi connectivity index (χ4v) is 3.65. The first kappa shape index (κ1) is 20.7. The summed E-state index contributed by atoms with van der Waals surface area (Å²) in [6.07, 6.45) is 1.84. The second-order valence-corrected chi connectivity index (χ2v) is 7.85. The van der Waals surface area contributed by atoms with E-state index < -0.39 is 6.09 Å². The molecule has 31 heavy (non-hydrogen) atoms. The highest BCUT2D eigenvalue weighted by molar-refractivity contribution is 5.80. The van der Waals surface area contributed by atoms with Crippen LogP contribution >= 0.6 is 0 Å². The number of nitrogens with zero attached hydrogens (tertiary/aromatic N) is 1. The summed E-state index contributed by atoms with van der Waals surface area (Å²) in [6.45, 7) is 2.12. The molecule has 1 unspecified atom stereocenters. The molecule has 1 aliphatic rings. The SMILES string of the molecule is CC(=O)NCCc1ccc2nc(Oc3ccc(C(NC(=O)O)C4CC4)cc3)ccc2c1. The van der Waals surface area contributed by atoms with Gasteiger partial charge in [-0.1, -0.05) is 18.2 Å². The molecular formula is C24H25N3O4. The van der Waals surface area contributed by atoms with E-state index in [0.717, 1.165) is 41.3 Å². The summed E-state index contributed by atoms with van der Waals surface area (Å²) >= 11 is 0. The lowest BCUT2D eigenvalue weighted by molar-refractivity contribution is -0.118. The van der Waals surface area contributed by atoms with Gasteiger partial charge in [-0.25, -0.2) is 9.78 Å². The third kappa shape index (κ3) is 5.51. The van der Waals surface area contributed by atoms with Gasteiger partial charge >= 0.3 is 6.09 Å². The summed E-state index contributed by atoms with van der Waals surface area (Å²) in [6, 6.07) is 17.1. The smallest absolute Gasteiger partial charge is 0.405 e. The first-order valence-electron chi connectivity index (χ1n) is 10.4. The number of carbonyl (C=O) groups excluding carboxylic acids is 1. The summed E-state index contributed by atoms with van der Waals surface area (Å²) < 4.78 is 5.90. The molecule has 1 fully saturated rings. The number of ether oxygens (including phenoxy) is 1. The standard InChI is InChI=1S/C24H25N3O4/c1-15(28)25-13-12-16-2-10-21-19(14-16)7-11-22(26-21)31-20-8-5-18(6-9-20)23(17-3-4-17)27-24(29)30/h2,5-11,14,17,23,27H,3-4,12-13H2,1H3,(H,25,28)(H,29,30). The largest absolute Gasteiger partial charge is 0.465 e. The first-order chi connectivity index (χ1) is 15.0. The summed E-state index contributed by atoms with van der Waals surface area (Å²) in [5.74, 6) is 1.48. The van der Waals surface area contributed by atoms with Crippen LogP contribution in [0.5, 0.6) is 11.6 Å². The number of pyridine rings is 1. The summed E-state index contributed by atoms with van der Waals surface area (Å²) in [5.41, 5.74) is 2.90. The van der Waals surface area contributed by atoms with E-state index in [1.54, 1.807) is 0 Å². The zero-order valence-electron chi connectivity index (χ0n) is 17.3. The number of hydrogen-bond acceptors (Lipinski definition) is 4. The number of nitrogens with one attached hydrogen (secondary N) is 2. The van der Waals surface area contributed by atoms with Crippen LogP contribution in [0.15, 0.2) is 54.6 Å². The van der Waals surface area contributed by atoms with Gasteiger partial charge in [-0.15, -0.1) is 0 Å². The maximum Gasteiger partial charge on any atom is 0.405 e. The first-order valence-corrected chi connectivity index (χ1v) is 10.4. The van der Waals surface area contributed by atoms with Crippen molar-refractivity contribution in [2.24, 2.45) is 5.92 Å². The Bertz CT molecular complexity index is 1090. The van der Waals surface area contributed by atoms with Crippen molar-refractivity contribution in [2.45, 2.75) is 32.2 Å². The maximum absolute atomic E-state index is 11.1. The zero-order chi connectivity index (χ0) is 21.8. The fourth-order valence-electron chi connectivity index (χ4n) is 3.65. The predicted molar refractivity (Wildman–Crippen MR) is 117 cm³/mol. The Hall–Kier alpha value is -3.61. The van der Waals surface area contributed by atoms with E-state index in [1.807, 2.05) is 48.5 Å². The van der Waals surface area contributed by atoms with E-state index in [9.17, 15) is 9.59 Å². The molecule has 3 aromatic rings. The van der Waals surface area contributed by atoms with Crippen molar-refractivity contribution in [1.29, 1.82) is 0 Å². The van der Waals surface area contributed by atoms with Crippen LogP contribution in [0.1, 0.15) is 36.9 Å². The molecule has 3 N–H and O–H groups in total. The van der Waals surface area contributed by atoms with Crippen LogP contribution in [0.4, 0.5) is 4.79 Å². The molecule has 2 aromatic carbocycles. The van der Waals surface area contributed by atoms with Crippen molar-refractivity contribution in [1.82, 2.24) is 15.6 Å². The molecule has 160 valence electrons. The Kier molecular flexibility index (Phi) is 6.02. The monoisotopic (exact) mass is 419 g/mol. The average Bonchev–Trinajstić information content (AvgIpc) is 3.58. The van der Waals surface area contributed by atoms with Crippen LogP contribution < -0.4 is 15.4 Å².